The van der Waals surface area contributed by atoms with Crippen LogP contribution in [0, 0.1) is 0 Å². The maximum absolute atomic E-state index is 12.8. The SMILES string of the molecule is CCCCc1nn2c(=O)cc(COC(=O)c3ccccc3NC(=O)c3cccc(OC)c3)nc2s1. The minimum Gasteiger partial charge on any atom is -0.497 e. The van der Waals surface area contributed by atoms with Crippen LogP contribution < -0.4 is 15.6 Å². The number of carbonyl (C=O) groups excluding carboxylic acids is 2. The molecule has 0 saturated heterocycles. The number of hydrogen-bond acceptors (Lipinski definition) is 8. The number of methoxy groups -OCH3 is 1. The number of nitrogens with one attached hydrogen (secondary N) is 1. The molecule has 0 spiro atoms. The van der Waals surface area contributed by atoms with Crippen LogP contribution >= 0.6 is 11.3 Å². The lowest BCUT2D eigenvalue weighted by Crippen LogP contribution is -2.18. The van der Waals surface area contributed by atoms with E-state index in [2.05, 4.69) is 22.3 Å². The van der Waals surface area contributed by atoms with Gasteiger partial charge in [-0.25, -0.2) is 9.78 Å². The van der Waals surface area contributed by atoms with Crippen LogP contribution in [0.3, 0.4) is 0 Å². The summed E-state index contributed by atoms with van der Waals surface area (Å²) in [5.74, 6) is -0.501. The third-order valence-electron chi connectivity index (χ3n) is 5.16. The Hall–Kier alpha value is -4.05. The van der Waals surface area contributed by atoms with Crippen molar-refractivity contribution in [3.63, 3.8) is 0 Å². The van der Waals surface area contributed by atoms with Crippen molar-refractivity contribution < 1.29 is 19.1 Å². The second-order valence-corrected chi connectivity index (χ2v) is 8.73. The van der Waals surface area contributed by atoms with E-state index in [9.17, 15) is 14.4 Å². The molecule has 9 nitrogen and oxygen atoms in total. The topological polar surface area (TPSA) is 112 Å². The molecule has 0 fully saturated rings. The van der Waals surface area contributed by atoms with Crippen molar-refractivity contribution in [1.29, 1.82) is 0 Å². The molecule has 0 unspecified atom stereocenters. The van der Waals surface area contributed by atoms with Crippen LogP contribution in [0.5, 0.6) is 5.75 Å². The van der Waals surface area contributed by atoms with Gasteiger partial charge in [-0.15, -0.1) is 0 Å². The summed E-state index contributed by atoms with van der Waals surface area (Å²) in [6, 6.07) is 14.5. The van der Waals surface area contributed by atoms with Crippen LogP contribution in [-0.4, -0.2) is 33.6 Å². The van der Waals surface area contributed by atoms with Gasteiger partial charge in [0.2, 0.25) is 4.96 Å². The zero-order valence-corrected chi connectivity index (χ0v) is 20.1. The van der Waals surface area contributed by atoms with E-state index in [1.165, 1.54) is 29.0 Å². The quantitative estimate of drug-likeness (QED) is 0.350. The van der Waals surface area contributed by atoms with Gasteiger partial charge in [-0.2, -0.15) is 9.61 Å². The molecule has 0 bridgehead atoms. The second kappa shape index (κ2) is 10.9. The number of anilines is 1. The number of aryl methyl sites for hydroxylation is 1. The first-order valence-corrected chi connectivity index (χ1v) is 11.9. The molecule has 1 N–H and O–H groups in total. The van der Waals surface area contributed by atoms with E-state index in [-0.39, 0.29) is 17.7 Å². The van der Waals surface area contributed by atoms with Crippen molar-refractivity contribution in [2.45, 2.75) is 32.8 Å². The number of para-hydroxylation sites is 1. The maximum atomic E-state index is 12.8. The number of benzene rings is 2. The molecular weight excluding hydrogens is 468 g/mol. The van der Waals surface area contributed by atoms with Gasteiger partial charge >= 0.3 is 5.97 Å². The van der Waals surface area contributed by atoms with Crippen molar-refractivity contribution in [1.82, 2.24) is 14.6 Å². The highest BCUT2D eigenvalue weighted by Crippen LogP contribution is 2.20. The fraction of sp³-hybridized carbons (Fsp3) is 0.240. The molecule has 2 aromatic heterocycles. The van der Waals surface area contributed by atoms with Gasteiger partial charge in [0.25, 0.3) is 11.5 Å². The van der Waals surface area contributed by atoms with Crippen molar-refractivity contribution in [2.75, 3.05) is 12.4 Å². The highest BCUT2D eigenvalue weighted by atomic mass is 32.1. The van der Waals surface area contributed by atoms with E-state index in [0.29, 0.717) is 27.7 Å². The molecule has 0 radical (unpaired) electrons. The fourth-order valence-electron chi connectivity index (χ4n) is 3.34. The van der Waals surface area contributed by atoms with E-state index in [1.54, 1.807) is 48.5 Å². The third-order valence-corrected chi connectivity index (χ3v) is 6.13. The number of aromatic nitrogens is 3. The summed E-state index contributed by atoms with van der Waals surface area (Å²) in [7, 11) is 1.52. The number of rotatable bonds is 9. The van der Waals surface area contributed by atoms with Crippen LogP contribution in [-0.2, 0) is 17.8 Å². The monoisotopic (exact) mass is 492 g/mol. The predicted molar refractivity (Wildman–Crippen MR) is 132 cm³/mol. The van der Waals surface area contributed by atoms with Crippen molar-refractivity contribution in [3.8, 4) is 5.75 Å². The van der Waals surface area contributed by atoms with Crippen molar-refractivity contribution in [2.24, 2.45) is 0 Å². The Labute approximate surface area is 205 Å². The lowest BCUT2D eigenvalue weighted by atomic mass is 10.1. The Kier molecular flexibility index (Phi) is 7.51. The van der Waals surface area contributed by atoms with Crippen LogP contribution in [0.15, 0.2) is 59.4 Å². The van der Waals surface area contributed by atoms with Gasteiger partial charge in [0.15, 0.2) is 0 Å². The molecule has 0 atom stereocenters. The van der Waals surface area contributed by atoms with E-state index in [0.717, 1.165) is 24.3 Å². The summed E-state index contributed by atoms with van der Waals surface area (Å²) >= 11 is 1.35. The zero-order chi connectivity index (χ0) is 24.8. The molecule has 4 rings (SSSR count). The summed E-state index contributed by atoms with van der Waals surface area (Å²) in [6.07, 6.45) is 2.79. The van der Waals surface area contributed by atoms with Crippen LogP contribution in [0.4, 0.5) is 5.69 Å². The number of amides is 1. The molecule has 0 aliphatic carbocycles. The number of esters is 1. The number of fused-ring (bicyclic) bond motifs is 1. The summed E-state index contributed by atoms with van der Waals surface area (Å²) in [6.45, 7) is 1.90. The minimum absolute atomic E-state index is 0.182. The van der Waals surface area contributed by atoms with Gasteiger partial charge in [0.05, 0.1) is 24.1 Å². The largest absolute Gasteiger partial charge is 0.497 e. The number of hydrogen-bond donors (Lipinski definition) is 1. The third kappa shape index (κ3) is 5.72. The first-order valence-electron chi connectivity index (χ1n) is 11.1. The first-order chi connectivity index (χ1) is 17.0. The maximum Gasteiger partial charge on any atom is 0.340 e. The molecule has 1 amide bonds. The number of ether oxygens (including phenoxy) is 2. The number of nitrogens with zero attached hydrogens (tertiary/aromatic N) is 3. The zero-order valence-electron chi connectivity index (χ0n) is 19.3. The Bertz CT molecular complexity index is 1430. The van der Waals surface area contributed by atoms with Crippen LogP contribution in [0.1, 0.15) is 51.2 Å². The lowest BCUT2D eigenvalue weighted by molar-refractivity contribution is 0.0469. The molecule has 0 saturated carbocycles. The average Bonchev–Trinajstić information content (AvgIpc) is 3.30. The standard InChI is InChI=1S/C25H24N4O5S/c1-3-4-12-21-28-29-22(30)14-17(26-25(29)35-21)15-34-24(32)19-10-5-6-11-20(19)27-23(31)16-8-7-9-18(13-16)33-2/h5-11,13-14H,3-4,12,15H2,1-2H3,(H,27,31). The molecule has 180 valence electrons. The van der Waals surface area contributed by atoms with E-state index < -0.39 is 11.9 Å². The van der Waals surface area contributed by atoms with E-state index >= 15 is 0 Å². The highest BCUT2D eigenvalue weighted by molar-refractivity contribution is 7.16. The highest BCUT2D eigenvalue weighted by Gasteiger charge is 2.17. The second-order valence-electron chi connectivity index (χ2n) is 7.69. The molecule has 0 aliphatic heterocycles. The summed E-state index contributed by atoms with van der Waals surface area (Å²) in [5.41, 5.74) is 0.865. The van der Waals surface area contributed by atoms with Crippen LogP contribution in [0.25, 0.3) is 4.96 Å². The van der Waals surface area contributed by atoms with Crippen molar-refractivity contribution in [3.05, 3.63) is 86.8 Å². The first kappa shape index (κ1) is 24.1. The fourth-order valence-corrected chi connectivity index (χ4v) is 4.30. The van der Waals surface area contributed by atoms with Gasteiger partial charge in [-0.05, 0) is 36.8 Å². The van der Waals surface area contributed by atoms with Gasteiger partial charge in [-0.3, -0.25) is 9.59 Å². The normalized spacial score (nSPS) is 10.8. The van der Waals surface area contributed by atoms with Gasteiger partial charge < -0.3 is 14.8 Å². The molecule has 0 aliphatic rings. The van der Waals surface area contributed by atoms with E-state index in [4.69, 9.17) is 9.47 Å². The Balaban J connectivity index is 1.47. The van der Waals surface area contributed by atoms with Gasteiger partial charge in [-0.1, -0.05) is 42.9 Å². The van der Waals surface area contributed by atoms with E-state index in [1.807, 2.05) is 0 Å². The number of carbonyl (C=O) groups is 2. The Morgan fingerprint density at radius 3 is 2.74 bits per heavy atom. The molecule has 2 aromatic carbocycles. The summed E-state index contributed by atoms with van der Waals surface area (Å²) in [4.78, 5) is 42.8. The molecular formula is C25H24N4O5S. The lowest BCUT2D eigenvalue weighted by Gasteiger charge is -2.11. The Morgan fingerprint density at radius 1 is 1.11 bits per heavy atom. The van der Waals surface area contributed by atoms with Gasteiger partial charge in [0, 0.05) is 18.1 Å². The molecule has 4 aromatic rings. The Morgan fingerprint density at radius 2 is 1.94 bits per heavy atom. The van der Waals surface area contributed by atoms with Crippen molar-refractivity contribution >= 4 is 33.9 Å². The smallest absolute Gasteiger partial charge is 0.340 e. The summed E-state index contributed by atoms with van der Waals surface area (Å²) < 4.78 is 11.8. The minimum atomic E-state index is -0.651. The molecule has 10 heteroatoms. The van der Waals surface area contributed by atoms with Gasteiger partial charge in [0.1, 0.15) is 17.4 Å². The molecule has 2 heterocycles. The number of unbranched alkanes of at least 4 members (excludes halogenated alkanes) is 1. The average molecular weight is 493 g/mol. The molecule has 35 heavy (non-hydrogen) atoms. The summed E-state index contributed by atoms with van der Waals surface area (Å²) in [5, 5.41) is 7.89. The van der Waals surface area contributed by atoms with Crippen LogP contribution in [0.2, 0.25) is 0 Å². The predicted octanol–water partition coefficient (Wildman–Crippen LogP) is 4.11.